The van der Waals surface area contributed by atoms with Crippen molar-refractivity contribution < 1.29 is 4.79 Å². The lowest BCUT2D eigenvalue weighted by atomic mass is 10.1. The van der Waals surface area contributed by atoms with E-state index < -0.39 is 0 Å². The van der Waals surface area contributed by atoms with Gasteiger partial charge in [0.15, 0.2) is 0 Å². The fraction of sp³-hybridized carbons (Fsp3) is 0.278. The highest BCUT2D eigenvalue weighted by molar-refractivity contribution is 8.00. The molecule has 0 bridgehead atoms. The number of thioether (sulfide) groups is 1. The van der Waals surface area contributed by atoms with Gasteiger partial charge in [-0.25, -0.2) is 0 Å². The molecule has 0 radical (unpaired) electrons. The monoisotopic (exact) mass is 299 g/mol. The molecule has 0 aliphatic carbocycles. The summed E-state index contributed by atoms with van der Waals surface area (Å²) in [5.74, 6) is 0.0666. The van der Waals surface area contributed by atoms with Crippen LogP contribution in [0.4, 0.5) is 0 Å². The van der Waals surface area contributed by atoms with Crippen molar-refractivity contribution >= 4 is 17.7 Å². The van der Waals surface area contributed by atoms with Gasteiger partial charge in [0.25, 0.3) is 0 Å². The predicted octanol–water partition coefficient (Wildman–Crippen LogP) is 4.35. The summed E-state index contributed by atoms with van der Waals surface area (Å²) in [5, 5.41) is 2.97. The molecule has 0 aliphatic heterocycles. The summed E-state index contributed by atoms with van der Waals surface area (Å²) in [6, 6.07) is 18.3. The van der Waals surface area contributed by atoms with E-state index >= 15 is 0 Å². The van der Waals surface area contributed by atoms with Gasteiger partial charge in [-0.2, -0.15) is 0 Å². The van der Waals surface area contributed by atoms with Crippen LogP contribution in [0, 0.1) is 6.92 Å². The van der Waals surface area contributed by atoms with E-state index in [1.807, 2.05) is 44.2 Å². The normalized spacial score (nSPS) is 13.5. The quantitative estimate of drug-likeness (QED) is 0.831. The number of amides is 1. The van der Waals surface area contributed by atoms with Crippen LogP contribution in [0.2, 0.25) is 0 Å². The van der Waals surface area contributed by atoms with Crippen LogP contribution in [0.5, 0.6) is 0 Å². The van der Waals surface area contributed by atoms with Gasteiger partial charge < -0.3 is 5.32 Å². The molecule has 2 aromatic rings. The van der Waals surface area contributed by atoms with Crippen molar-refractivity contribution in [1.29, 1.82) is 0 Å². The first-order chi connectivity index (χ1) is 10.1. The molecule has 3 heteroatoms. The highest BCUT2D eigenvalue weighted by atomic mass is 32.2. The molecular weight excluding hydrogens is 278 g/mol. The van der Waals surface area contributed by atoms with Crippen LogP contribution in [0.15, 0.2) is 59.5 Å². The molecule has 0 unspecified atom stereocenters. The highest BCUT2D eigenvalue weighted by Gasteiger charge is 2.17. The van der Waals surface area contributed by atoms with Crippen molar-refractivity contribution in [2.24, 2.45) is 0 Å². The third kappa shape index (κ3) is 4.64. The van der Waals surface area contributed by atoms with E-state index in [9.17, 15) is 4.79 Å². The molecule has 1 N–H and O–H groups in total. The Morgan fingerprint density at radius 1 is 1.00 bits per heavy atom. The van der Waals surface area contributed by atoms with Gasteiger partial charge in [-0.1, -0.05) is 48.0 Å². The van der Waals surface area contributed by atoms with E-state index in [1.54, 1.807) is 11.8 Å². The van der Waals surface area contributed by atoms with Gasteiger partial charge in [-0.05, 0) is 38.5 Å². The van der Waals surface area contributed by atoms with Crippen LogP contribution in [0.3, 0.4) is 0 Å². The Morgan fingerprint density at radius 2 is 1.62 bits per heavy atom. The molecule has 2 atom stereocenters. The molecule has 2 nitrogen and oxygen atoms in total. The molecule has 0 heterocycles. The van der Waals surface area contributed by atoms with Gasteiger partial charge in [-0.15, -0.1) is 11.8 Å². The number of rotatable bonds is 5. The smallest absolute Gasteiger partial charge is 0.233 e. The molecule has 0 aliphatic rings. The minimum atomic E-state index is -0.111. The first-order valence-electron chi connectivity index (χ1n) is 7.15. The Hall–Kier alpha value is -1.74. The molecule has 0 aromatic heterocycles. The number of carbonyl (C=O) groups excluding carboxylic acids is 1. The second-order valence-electron chi connectivity index (χ2n) is 5.21. The molecule has 110 valence electrons. The number of hydrogen-bond acceptors (Lipinski definition) is 2. The molecule has 0 saturated carbocycles. The molecule has 2 aromatic carbocycles. The average molecular weight is 299 g/mol. The zero-order valence-corrected chi connectivity index (χ0v) is 13.5. The summed E-state index contributed by atoms with van der Waals surface area (Å²) in [5.41, 5.74) is 2.36. The minimum Gasteiger partial charge on any atom is -0.349 e. The van der Waals surface area contributed by atoms with Crippen molar-refractivity contribution in [3.8, 4) is 0 Å². The minimum absolute atomic E-state index is 0.0249. The zero-order valence-electron chi connectivity index (χ0n) is 12.7. The summed E-state index contributed by atoms with van der Waals surface area (Å²) in [6.45, 7) is 6.02. The molecule has 0 saturated heterocycles. The van der Waals surface area contributed by atoms with E-state index in [0.717, 1.165) is 10.5 Å². The van der Waals surface area contributed by atoms with Crippen LogP contribution in [-0.4, -0.2) is 11.2 Å². The molecule has 0 spiro atoms. The third-order valence-electron chi connectivity index (χ3n) is 3.36. The fourth-order valence-electron chi connectivity index (χ4n) is 2.03. The van der Waals surface area contributed by atoms with E-state index in [1.165, 1.54) is 5.56 Å². The molecule has 2 rings (SSSR count). The summed E-state index contributed by atoms with van der Waals surface area (Å²) >= 11 is 1.58. The Morgan fingerprint density at radius 3 is 2.24 bits per heavy atom. The summed E-state index contributed by atoms with van der Waals surface area (Å²) in [4.78, 5) is 13.4. The molecule has 1 amide bonds. The first-order valence-corrected chi connectivity index (χ1v) is 8.03. The number of hydrogen-bond donors (Lipinski definition) is 1. The van der Waals surface area contributed by atoms with Crippen molar-refractivity contribution in [2.75, 3.05) is 0 Å². The Kier molecular flexibility index (Phi) is 5.45. The maximum absolute atomic E-state index is 12.3. The number of nitrogens with one attached hydrogen (secondary N) is 1. The standard InChI is InChI=1S/C18H21NOS/c1-13-9-11-16(12-10-13)14(2)19-18(20)15(3)21-17-7-5-4-6-8-17/h4-12,14-15H,1-3H3,(H,19,20)/t14-,15-/m0/s1. The van der Waals surface area contributed by atoms with Crippen LogP contribution in [-0.2, 0) is 4.79 Å². The topological polar surface area (TPSA) is 29.1 Å². The Bertz CT molecular complexity index is 580. The highest BCUT2D eigenvalue weighted by Crippen LogP contribution is 2.23. The average Bonchev–Trinajstić information content (AvgIpc) is 2.48. The second-order valence-corrected chi connectivity index (χ2v) is 6.63. The maximum Gasteiger partial charge on any atom is 0.233 e. The second kappa shape index (κ2) is 7.32. The summed E-state index contributed by atoms with van der Waals surface area (Å²) in [6.07, 6.45) is 0. The van der Waals surface area contributed by atoms with Crippen LogP contribution >= 0.6 is 11.8 Å². The molecular formula is C18H21NOS. The SMILES string of the molecule is Cc1ccc([C@H](C)NC(=O)[C@H](C)Sc2ccccc2)cc1. The van der Waals surface area contributed by atoms with E-state index in [-0.39, 0.29) is 17.2 Å². The van der Waals surface area contributed by atoms with Crippen molar-refractivity contribution in [1.82, 2.24) is 5.32 Å². The van der Waals surface area contributed by atoms with Gasteiger partial charge in [0.2, 0.25) is 5.91 Å². The van der Waals surface area contributed by atoms with Crippen molar-refractivity contribution in [3.05, 3.63) is 65.7 Å². The first kappa shape index (κ1) is 15.6. The summed E-state index contributed by atoms with van der Waals surface area (Å²) in [7, 11) is 0. The third-order valence-corrected chi connectivity index (χ3v) is 4.47. The maximum atomic E-state index is 12.3. The lowest BCUT2D eigenvalue weighted by Crippen LogP contribution is -2.33. The molecule has 21 heavy (non-hydrogen) atoms. The van der Waals surface area contributed by atoms with E-state index in [2.05, 4.69) is 36.5 Å². The number of aryl methyl sites for hydroxylation is 1. The predicted molar refractivity (Wildman–Crippen MR) is 89.5 cm³/mol. The summed E-state index contributed by atoms with van der Waals surface area (Å²) < 4.78 is 0. The van der Waals surface area contributed by atoms with Crippen LogP contribution in [0.25, 0.3) is 0 Å². The van der Waals surface area contributed by atoms with Gasteiger partial charge in [-0.3, -0.25) is 4.79 Å². The Labute approximate surface area is 131 Å². The van der Waals surface area contributed by atoms with Gasteiger partial charge in [0.1, 0.15) is 0 Å². The number of carbonyl (C=O) groups is 1. The van der Waals surface area contributed by atoms with Crippen molar-refractivity contribution in [3.63, 3.8) is 0 Å². The number of benzene rings is 2. The van der Waals surface area contributed by atoms with Crippen LogP contribution < -0.4 is 5.32 Å². The zero-order chi connectivity index (χ0) is 15.2. The lowest BCUT2D eigenvalue weighted by molar-refractivity contribution is -0.120. The van der Waals surface area contributed by atoms with E-state index in [4.69, 9.17) is 0 Å². The Balaban J connectivity index is 1.92. The van der Waals surface area contributed by atoms with Gasteiger partial charge >= 0.3 is 0 Å². The fourth-order valence-corrected chi connectivity index (χ4v) is 2.92. The van der Waals surface area contributed by atoms with E-state index in [0.29, 0.717) is 0 Å². The van der Waals surface area contributed by atoms with Crippen LogP contribution in [0.1, 0.15) is 31.0 Å². The van der Waals surface area contributed by atoms with Gasteiger partial charge in [0.05, 0.1) is 11.3 Å². The lowest BCUT2D eigenvalue weighted by Gasteiger charge is -2.18. The van der Waals surface area contributed by atoms with Crippen molar-refractivity contribution in [2.45, 2.75) is 37.0 Å². The largest absolute Gasteiger partial charge is 0.349 e. The molecule has 0 fully saturated rings. The van der Waals surface area contributed by atoms with Gasteiger partial charge in [0, 0.05) is 4.90 Å².